The Hall–Kier alpha value is -2.67. The maximum atomic E-state index is 4.36. The number of rotatable bonds is 5. The van der Waals surface area contributed by atoms with E-state index in [0.29, 0.717) is 0 Å². The first-order valence-corrected chi connectivity index (χ1v) is 9.41. The largest absolute Gasteiger partial charge is 0.288 e. The highest BCUT2D eigenvalue weighted by Crippen LogP contribution is 2.18. The van der Waals surface area contributed by atoms with Crippen LogP contribution in [0.1, 0.15) is 43.0 Å². The number of aliphatic imine (C=N–C) groups is 1. The van der Waals surface area contributed by atoms with E-state index in [1.54, 1.807) is 0 Å². The van der Waals surface area contributed by atoms with Crippen molar-refractivity contribution in [1.29, 1.82) is 0 Å². The van der Waals surface area contributed by atoms with Crippen LogP contribution in [0.3, 0.4) is 0 Å². The summed E-state index contributed by atoms with van der Waals surface area (Å²) in [6.45, 7) is 18.3. The fraction of sp³-hybridized carbons (Fsp3) is 0.269. The Morgan fingerprint density at radius 3 is 1.96 bits per heavy atom. The molecule has 2 rings (SSSR count). The van der Waals surface area contributed by atoms with Gasteiger partial charge in [-0.05, 0) is 63.0 Å². The molecule has 0 N–H and O–H groups in total. The van der Waals surface area contributed by atoms with Gasteiger partial charge in [0.1, 0.15) is 0 Å². The fourth-order valence-electron chi connectivity index (χ4n) is 2.65. The summed E-state index contributed by atoms with van der Waals surface area (Å²) >= 11 is 0. The molecular weight excluding hydrogens is 326 g/mol. The van der Waals surface area contributed by atoms with Crippen LogP contribution in [-0.4, -0.2) is 12.8 Å². The van der Waals surface area contributed by atoms with Crippen LogP contribution in [0.4, 0.5) is 0 Å². The summed E-state index contributed by atoms with van der Waals surface area (Å²) in [6.07, 6.45) is 3.19. The molecule has 0 unspecified atom stereocenters. The zero-order valence-electron chi connectivity index (χ0n) is 17.8. The maximum Gasteiger partial charge on any atom is 0.0649 e. The Morgan fingerprint density at radius 1 is 0.926 bits per heavy atom. The lowest BCUT2D eigenvalue weighted by molar-refractivity contribution is 1.14. The third kappa shape index (κ3) is 7.62. The number of hydrogen-bond donors (Lipinski definition) is 0. The first-order valence-electron chi connectivity index (χ1n) is 9.41. The van der Waals surface area contributed by atoms with Gasteiger partial charge < -0.3 is 0 Å². The van der Waals surface area contributed by atoms with E-state index in [-0.39, 0.29) is 0 Å². The molecule has 0 aliphatic rings. The lowest BCUT2D eigenvalue weighted by Crippen LogP contribution is -2.00. The Morgan fingerprint density at radius 2 is 1.52 bits per heavy atom. The van der Waals surface area contributed by atoms with Crippen LogP contribution in [0.25, 0.3) is 0 Å². The minimum absolute atomic E-state index is 0.958. The van der Waals surface area contributed by atoms with Crippen LogP contribution < -0.4 is 0 Å². The van der Waals surface area contributed by atoms with Crippen LogP contribution in [0.2, 0.25) is 0 Å². The first-order chi connectivity index (χ1) is 12.8. The molecular formula is C26H33N. The van der Waals surface area contributed by atoms with Crippen molar-refractivity contribution in [2.75, 3.05) is 7.05 Å². The number of benzene rings is 2. The molecule has 27 heavy (non-hydrogen) atoms. The SMILES string of the molecule is C=C(C)C(=CC(=NC)c1cccc(C)c1)C(=C)C.CCc1ccc(C)cc1. The molecule has 0 spiro atoms. The van der Waals surface area contributed by atoms with Crippen LogP contribution >= 0.6 is 0 Å². The van der Waals surface area contributed by atoms with Gasteiger partial charge in [-0.2, -0.15) is 0 Å². The fourth-order valence-corrected chi connectivity index (χ4v) is 2.65. The molecule has 2 aromatic carbocycles. The third-order valence-corrected chi connectivity index (χ3v) is 4.28. The van der Waals surface area contributed by atoms with Crippen molar-refractivity contribution < 1.29 is 0 Å². The summed E-state index contributed by atoms with van der Waals surface area (Å²) in [7, 11) is 1.81. The van der Waals surface area contributed by atoms with Gasteiger partial charge in [0.15, 0.2) is 0 Å². The average molecular weight is 360 g/mol. The predicted molar refractivity (Wildman–Crippen MR) is 122 cm³/mol. The van der Waals surface area contributed by atoms with E-state index >= 15 is 0 Å². The molecule has 0 radical (unpaired) electrons. The molecule has 0 bridgehead atoms. The van der Waals surface area contributed by atoms with Crippen LogP contribution in [0.5, 0.6) is 0 Å². The van der Waals surface area contributed by atoms with Crippen LogP contribution in [0, 0.1) is 13.8 Å². The van der Waals surface area contributed by atoms with E-state index in [4.69, 9.17) is 0 Å². The maximum absolute atomic E-state index is 4.36. The molecule has 0 heterocycles. The number of hydrogen-bond acceptors (Lipinski definition) is 1. The Bertz CT molecular complexity index is 817. The topological polar surface area (TPSA) is 12.4 Å². The van der Waals surface area contributed by atoms with Crippen molar-refractivity contribution >= 4 is 5.71 Å². The van der Waals surface area contributed by atoms with E-state index in [1.807, 2.05) is 27.0 Å². The summed E-state index contributed by atoms with van der Waals surface area (Å²) in [6, 6.07) is 17.0. The normalized spacial score (nSPS) is 10.5. The van der Waals surface area contributed by atoms with Crippen molar-refractivity contribution in [3.8, 4) is 0 Å². The predicted octanol–water partition coefficient (Wildman–Crippen LogP) is 7.05. The van der Waals surface area contributed by atoms with Gasteiger partial charge >= 0.3 is 0 Å². The van der Waals surface area contributed by atoms with Gasteiger partial charge in [0.2, 0.25) is 0 Å². The van der Waals surface area contributed by atoms with Crippen LogP contribution in [-0.2, 0) is 6.42 Å². The molecule has 142 valence electrons. The molecule has 0 aliphatic carbocycles. The lowest BCUT2D eigenvalue weighted by Gasteiger charge is -2.09. The van der Waals surface area contributed by atoms with E-state index in [0.717, 1.165) is 34.4 Å². The lowest BCUT2D eigenvalue weighted by atomic mass is 9.98. The number of allylic oxidation sites excluding steroid dienone is 4. The second-order valence-corrected chi connectivity index (χ2v) is 6.94. The highest BCUT2D eigenvalue weighted by atomic mass is 14.7. The zero-order chi connectivity index (χ0) is 20.4. The van der Waals surface area contributed by atoms with Gasteiger partial charge in [-0.1, -0.05) is 84.8 Å². The van der Waals surface area contributed by atoms with Crippen molar-refractivity contribution in [3.63, 3.8) is 0 Å². The highest BCUT2D eigenvalue weighted by Gasteiger charge is 2.04. The van der Waals surface area contributed by atoms with Crippen LogP contribution in [0.15, 0.2) is 89.5 Å². The highest BCUT2D eigenvalue weighted by molar-refractivity contribution is 6.09. The quantitative estimate of drug-likeness (QED) is 0.400. The molecule has 0 aliphatic heterocycles. The molecule has 1 nitrogen and oxygen atoms in total. The van der Waals surface area contributed by atoms with E-state index in [9.17, 15) is 0 Å². The average Bonchev–Trinajstić information content (AvgIpc) is 2.63. The smallest absolute Gasteiger partial charge is 0.0649 e. The minimum atomic E-state index is 0.958. The number of aryl methyl sites for hydroxylation is 3. The van der Waals surface area contributed by atoms with Gasteiger partial charge in [0.05, 0.1) is 5.71 Å². The second-order valence-electron chi connectivity index (χ2n) is 6.94. The van der Waals surface area contributed by atoms with Gasteiger partial charge in [0, 0.05) is 7.05 Å². The summed E-state index contributed by atoms with van der Waals surface area (Å²) < 4.78 is 0. The summed E-state index contributed by atoms with van der Waals surface area (Å²) in [4.78, 5) is 4.36. The molecule has 0 saturated carbocycles. The first kappa shape index (κ1) is 22.4. The second kappa shape index (κ2) is 11.1. The van der Waals surface area contributed by atoms with E-state index in [2.05, 4.69) is 87.5 Å². The molecule has 0 aromatic heterocycles. The summed E-state index contributed by atoms with van der Waals surface area (Å²) in [5.74, 6) is 0. The van der Waals surface area contributed by atoms with E-state index in [1.165, 1.54) is 16.7 Å². The molecule has 0 amide bonds. The summed E-state index contributed by atoms with van der Waals surface area (Å²) in [5, 5.41) is 0. The Kier molecular flexibility index (Phi) is 9.22. The van der Waals surface area contributed by atoms with Crippen molar-refractivity contribution in [2.45, 2.75) is 41.0 Å². The van der Waals surface area contributed by atoms with Crippen molar-refractivity contribution in [1.82, 2.24) is 0 Å². The molecule has 1 heteroatoms. The van der Waals surface area contributed by atoms with Gasteiger partial charge in [-0.25, -0.2) is 0 Å². The Balaban J connectivity index is 0.000000337. The molecule has 0 fully saturated rings. The van der Waals surface area contributed by atoms with Crippen molar-refractivity contribution in [3.05, 3.63) is 107 Å². The standard InChI is InChI=1S/C17H21N.C9H12/c1-12(2)16(13(3)4)11-17(18-6)15-9-7-8-14(5)10-15;1-3-9-6-4-8(2)5-7-9/h7-11H,1,3H2,2,4-6H3;4-7H,3H2,1-2H3. The van der Waals surface area contributed by atoms with Gasteiger partial charge in [0.25, 0.3) is 0 Å². The monoisotopic (exact) mass is 359 g/mol. The summed E-state index contributed by atoms with van der Waals surface area (Å²) in [5.41, 5.74) is 9.16. The van der Waals surface area contributed by atoms with Crippen molar-refractivity contribution in [2.24, 2.45) is 4.99 Å². The number of nitrogens with zero attached hydrogens (tertiary/aromatic N) is 1. The Labute approximate surface area is 165 Å². The van der Waals surface area contributed by atoms with Gasteiger partial charge in [-0.3, -0.25) is 4.99 Å². The van der Waals surface area contributed by atoms with E-state index < -0.39 is 0 Å². The minimum Gasteiger partial charge on any atom is -0.288 e. The molecule has 0 saturated heterocycles. The molecule has 0 atom stereocenters. The molecule has 2 aromatic rings. The zero-order valence-corrected chi connectivity index (χ0v) is 17.8. The third-order valence-electron chi connectivity index (χ3n) is 4.28. The van der Waals surface area contributed by atoms with Gasteiger partial charge in [-0.15, -0.1) is 0 Å².